The number of carbonyl (C=O) groups excluding carboxylic acids is 1. The Bertz CT molecular complexity index is 1290. The van der Waals surface area contributed by atoms with Crippen molar-refractivity contribution in [1.29, 1.82) is 0 Å². The third kappa shape index (κ3) is 5.74. The quantitative estimate of drug-likeness (QED) is 0.395. The first-order chi connectivity index (χ1) is 16.6. The normalized spacial score (nSPS) is 12.4. The molecular weight excluding hydrogens is 462 g/mol. The number of rotatable bonds is 9. The van der Waals surface area contributed by atoms with E-state index < -0.39 is 22.0 Å². The molecule has 0 aliphatic heterocycles. The third-order valence-electron chi connectivity index (χ3n) is 6.32. The predicted octanol–water partition coefficient (Wildman–Crippen LogP) is 4.90. The molecule has 0 saturated heterocycles. The van der Waals surface area contributed by atoms with E-state index in [9.17, 15) is 13.2 Å². The minimum atomic E-state index is -4.12. The molecule has 0 aromatic heterocycles. The molecule has 0 bridgehead atoms. The average molecular weight is 496 g/mol. The molecule has 0 saturated carbocycles. The van der Waals surface area contributed by atoms with Crippen LogP contribution in [-0.2, 0) is 32.5 Å². The molecule has 0 radical (unpaired) electrons. The Kier molecular flexibility index (Phi) is 8.35. The highest BCUT2D eigenvalue weighted by Gasteiger charge is 2.39. The maximum Gasteiger partial charge on any atom is 0.324 e. The van der Waals surface area contributed by atoms with Crippen molar-refractivity contribution in [1.82, 2.24) is 4.31 Å². The summed E-state index contributed by atoms with van der Waals surface area (Å²) in [6.07, 6.45) is 0.186. The lowest BCUT2D eigenvalue weighted by atomic mass is 10.1. The maximum absolute atomic E-state index is 14.3. The van der Waals surface area contributed by atoms with Crippen molar-refractivity contribution in [2.75, 3.05) is 14.2 Å². The van der Waals surface area contributed by atoms with Gasteiger partial charge in [0.05, 0.1) is 19.1 Å². The highest BCUT2D eigenvalue weighted by Crippen LogP contribution is 2.34. The van der Waals surface area contributed by atoms with Gasteiger partial charge in [0.2, 0.25) is 10.0 Å². The van der Waals surface area contributed by atoms with Crippen molar-refractivity contribution in [3.05, 3.63) is 94.0 Å². The van der Waals surface area contributed by atoms with E-state index in [1.807, 2.05) is 68.4 Å². The fourth-order valence-electron chi connectivity index (χ4n) is 4.26. The van der Waals surface area contributed by atoms with Gasteiger partial charge in [-0.05, 0) is 68.0 Å². The number of benzene rings is 3. The van der Waals surface area contributed by atoms with Crippen LogP contribution >= 0.6 is 0 Å². The smallest absolute Gasteiger partial charge is 0.324 e. The molecule has 0 aliphatic rings. The van der Waals surface area contributed by atoms with Crippen molar-refractivity contribution < 1.29 is 22.7 Å². The van der Waals surface area contributed by atoms with Crippen LogP contribution in [0.4, 0.5) is 0 Å². The summed E-state index contributed by atoms with van der Waals surface area (Å²) < 4.78 is 40.5. The lowest BCUT2D eigenvalue weighted by molar-refractivity contribution is -0.145. The second kappa shape index (κ2) is 11.1. The Morgan fingerprint density at radius 2 is 1.51 bits per heavy atom. The van der Waals surface area contributed by atoms with Gasteiger partial charge in [-0.25, -0.2) is 8.42 Å². The van der Waals surface area contributed by atoms with Crippen molar-refractivity contribution in [2.45, 2.75) is 51.6 Å². The van der Waals surface area contributed by atoms with Crippen LogP contribution < -0.4 is 4.74 Å². The lowest BCUT2D eigenvalue weighted by Crippen LogP contribution is -2.46. The van der Waals surface area contributed by atoms with Gasteiger partial charge in [-0.1, -0.05) is 60.2 Å². The largest absolute Gasteiger partial charge is 0.496 e. The Morgan fingerprint density at radius 3 is 2.09 bits per heavy atom. The Labute approximate surface area is 208 Å². The molecule has 0 spiro atoms. The molecule has 186 valence electrons. The van der Waals surface area contributed by atoms with Crippen LogP contribution in [0.5, 0.6) is 5.75 Å². The van der Waals surface area contributed by atoms with Gasteiger partial charge < -0.3 is 9.47 Å². The monoisotopic (exact) mass is 495 g/mol. The van der Waals surface area contributed by atoms with E-state index >= 15 is 0 Å². The molecule has 3 aromatic carbocycles. The molecule has 6 nitrogen and oxygen atoms in total. The lowest BCUT2D eigenvalue weighted by Gasteiger charge is -2.31. The van der Waals surface area contributed by atoms with E-state index in [-0.39, 0.29) is 17.9 Å². The predicted molar refractivity (Wildman–Crippen MR) is 137 cm³/mol. The molecule has 1 unspecified atom stereocenters. The van der Waals surface area contributed by atoms with E-state index in [1.165, 1.54) is 11.4 Å². The van der Waals surface area contributed by atoms with Crippen molar-refractivity contribution in [2.24, 2.45) is 0 Å². The first-order valence-electron chi connectivity index (χ1n) is 11.4. The zero-order chi connectivity index (χ0) is 25.8. The molecule has 0 N–H and O–H groups in total. The van der Waals surface area contributed by atoms with E-state index in [2.05, 4.69) is 0 Å². The summed E-state index contributed by atoms with van der Waals surface area (Å²) >= 11 is 0. The van der Waals surface area contributed by atoms with Crippen molar-refractivity contribution in [3.63, 3.8) is 0 Å². The Hall–Kier alpha value is -3.16. The highest BCUT2D eigenvalue weighted by molar-refractivity contribution is 7.89. The third-order valence-corrected chi connectivity index (χ3v) is 8.46. The number of carbonyl (C=O) groups is 1. The van der Waals surface area contributed by atoms with Crippen LogP contribution in [0, 0.1) is 27.7 Å². The number of nitrogens with zero attached hydrogens (tertiary/aromatic N) is 1. The zero-order valence-corrected chi connectivity index (χ0v) is 22.0. The van der Waals surface area contributed by atoms with Gasteiger partial charge in [0, 0.05) is 6.54 Å². The van der Waals surface area contributed by atoms with Crippen molar-refractivity contribution >= 4 is 16.0 Å². The summed E-state index contributed by atoms with van der Waals surface area (Å²) in [6, 6.07) is 17.7. The molecule has 3 aromatic rings. The van der Waals surface area contributed by atoms with Gasteiger partial charge in [0.15, 0.2) is 0 Å². The van der Waals surface area contributed by atoms with Gasteiger partial charge in [-0.15, -0.1) is 0 Å². The van der Waals surface area contributed by atoms with Crippen LogP contribution in [0.25, 0.3) is 0 Å². The molecule has 0 heterocycles. The summed E-state index contributed by atoms with van der Waals surface area (Å²) in [6.45, 7) is 7.35. The van der Waals surface area contributed by atoms with Crippen LogP contribution in [0.15, 0.2) is 65.6 Å². The topological polar surface area (TPSA) is 72.9 Å². The number of hydrogen-bond donors (Lipinski definition) is 0. The first kappa shape index (κ1) is 26.4. The van der Waals surface area contributed by atoms with Gasteiger partial charge in [-0.3, -0.25) is 4.79 Å². The Balaban J connectivity index is 2.21. The first-order valence-corrected chi connectivity index (χ1v) is 12.9. The minimum Gasteiger partial charge on any atom is -0.496 e. The summed E-state index contributed by atoms with van der Waals surface area (Å²) in [5.41, 5.74) is 4.58. The van der Waals surface area contributed by atoms with Gasteiger partial charge >= 0.3 is 5.97 Å². The van der Waals surface area contributed by atoms with Gasteiger partial charge in [-0.2, -0.15) is 4.31 Å². The number of hydrogen-bond acceptors (Lipinski definition) is 5. The van der Waals surface area contributed by atoms with Crippen LogP contribution in [0.1, 0.15) is 33.4 Å². The highest BCUT2D eigenvalue weighted by atomic mass is 32.2. The second-order valence-corrected chi connectivity index (χ2v) is 10.6. The van der Waals surface area contributed by atoms with Crippen LogP contribution in [0.2, 0.25) is 0 Å². The van der Waals surface area contributed by atoms with E-state index in [4.69, 9.17) is 9.47 Å². The fourth-order valence-corrected chi connectivity index (χ4v) is 6.31. The summed E-state index contributed by atoms with van der Waals surface area (Å²) in [5, 5.41) is 0. The number of aryl methyl sites for hydroxylation is 2. The van der Waals surface area contributed by atoms with E-state index in [1.54, 1.807) is 27.0 Å². The van der Waals surface area contributed by atoms with E-state index in [0.717, 1.165) is 22.3 Å². The number of sulfonamides is 1. The average Bonchev–Trinajstić information content (AvgIpc) is 2.84. The summed E-state index contributed by atoms with van der Waals surface area (Å²) in [7, 11) is -1.27. The molecule has 3 rings (SSSR count). The molecule has 0 aliphatic carbocycles. The summed E-state index contributed by atoms with van der Waals surface area (Å²) in [4.78, 5) is 13.3. The molecule has 0 fully saturated rings. The summed E-state index contributed by atoms with van der Waals surface area (Å²) in [5.74, 6) is 0.0166. The minimum absolute atomic E-state index is 0.0270. The van der Waals surface area contributed by atoms with Crippen LogP contribution in [-0.4, -0.2) is 39.0 Å². The molecular formula is C28H33NO5S. The second-order valence-electron chi connectivity index (χ2n) is 8.74. The number of methoxy groups -OCH3 is 2. The van der Waals surface area contributed by atoms with Crippen molar-refractivity contribution in [3.8, 4) is 5.75 Å². The molecule has 7 heteroatoms. The Morgan fingerprint density at radius 1 is 0.886 bits per heavy atom. The maximum atomic E-state index is 14.3. The molecule has 1 atom stereocenters. The van der Waals surface area contributed by atoms with Crippen LogP contribution in [0.3, 0.4) is 0 Å². The van der Waals surface area contributed by atoms with E-state index in [0.29, 0.717) is 16.9 Å². The van der Waals surface area contributed by atoms with Gasteiger partial charge in [0.25, 0.3) is 0 Å². The molecule has 35 heavy (non-hydrogen) atoms. The molecule has 0 amide bonds. The SMILES string of the molecule is COC(=O)C(Cc1ccccc1)N(Cc1ccc(C)cc1)S(=O)(=O)c1c(C)cc(OC)c(C)c1C. The number of esters is 1. The number of ether oxygens (including phenoxy) is 2. The fraction of sp³-hybridized carbons (Fsp3) is 0.321. The van der Waals surface area contributed by atoms with Gasteiger partial charge in [0.1, 0.15) is 11.8 Å². The zero-order valence-electron chi connectivity index (χ0n) is 21.2. The standard InChI is InChI=1S/C28H33NO5S/c1-19-12-14-24(15-13-19)18-29(25(28(30)34-6)17-23-10-8-7-9-11-23)35(31,32)27-20(2)16-26(33-5)21(3)22(27)4/h7-16,25H,17-18H2,1-6H3.